The summed E-state index contributed by atoms with van der Waals surface area (Å²) in [5.74, 6) is 0.124. The molecule has 2 heterocycles. The molecule has 0 unspecified atom stereocenters. The fourth-order valence-electron chi connectivity index (χ4n) is 2.81. The zero-order valence-electron chi connectivity index (χ0n) is 12.5. The molecule has 6 nitrogen and oxygen atoms in total. The summed E-state index contributed by atoms with van der Waals surface area (Å²) in [6, 6.07) is 0.207. The predicted octanol–water partition coefficient (Wildman–Crippen LogP) is 1.41. The van der Waals surface area contributed by atoms with Crippen molar-refractivity contribution < 1.29 is 19.1 Å². The predicted molar refractivity (Wildman–Crippen MR) is 77.9 cm³/mol. The Kier molecular flexibility index (Phi) is 6.04. The van der Waals surface area contributed by atoms with Crippen molar-refractivity contribution in [3.05, 3.63) is 12.7 Å². The molecule has 0 atom stereocenters. The lowest BCUT2D eigenvalue weighted by molar-refractivity contribution is -0.133. The molecule has 2 fully saturated rings. The molecule has 0 aromatic heterocycles. The first-order valence-electron chi connectivity index (χ1n) is 7.62. The summed E-state index contributed by atoms with van der Waals surface area (Å²) in [4.78, 5) is 27.4. The Hall–Kier alpha value is -1.56. The molecule has 2 aliphatic heterocycles. The molecular weight excluding hydrogens is 272 g/mol. The number of carbonyl (C=O) groups excluding carboxylic acids is 2. The van der Waals surface area contributed by atoms with Gasteiger partial charge in [-0.05, 0) is 19.3 Å². The van der Waals surface area contributed by atoms with Gasteiger partial charge in [0, 0.05) is 25.7 Å². The van der Waals surface area contributed by atoms with Gasteiger partial charge in [0.15, 0.2) is 0 Å². The van der Waals surface area contributed by atoms with Crippen LogP contribution in [0.3, 0.4) is 0 Å². The zero-order chi connectivity index (χ0) is 15.1. The molecule has 21 heavy (non-hydrogen) atoms. The SMILES string of the molecule is C=CCOCCC(=O)N1CCC(N2CCCOC2=O)CC1. The van der Waals surface area contributed by atoms with E-state index in [2.05, 4.69) is 6.58 Å². The lowest BCUT2D eigenvalue weighted by atomic mass is 10.0. The minimum atomic E-state index is -0.205. The smallest absolute Gasteiger partial charge is 0.410 e. The Bertz CT molecular complexity index is 378. The lowest BCUT2D eigenvalue weighted by Gasteiger charge is -2.39. The standard InChI is InChI=1S/C15H24N2O4/c1-2-10-20-12-6-14(18)16-8-4-13(5-9-16)17-7-3-11-21-15(17)19/h2,13H,1,3-12H2. The third-order valence-corrected chi connectivity index (χ3v) is 3.96. The van der Waals surface area contributed by atoms with Crippen LogP contribution in [-0.4, -0.2) is 67.3 Å². The van der Waals surface area contributed by atoms with E-state index in [1.165, 1.54) is 0 Å². The lowest BCUT2D eigenvalue weighted by Crippen LogP contribution is -2.51. The number of carbonyl (C=O) groups is 2. The molecule has 0 bridgehead atoms. The third-order valence-electron chi connectivity index (χ3n) is 3.96. The number of rotatable bonds is 6. The van der Waals surface area contributed by atoms with Crippen molar-refractivity contribution in [3.63, 3.8) is 0 Å². The number of hydrogen-bond acceptors (Lipinski definition) is 4. The zero-order valence-corrected chi connectivity index (χ0v) is 12.5. The molecule has 2 saturated heterocycles. The molecule has 0 aliphatic carbocycles. The molecule has 0 spiro atoms. The molecule has 6 heteroatoms. The maximum absolute atomic E-state index is 12.0. The topological polar surface area (TPSA) is 59.1 Å². The number of hydrogen-bond donors (Lipinski definition) is 0. The largest absolute Gasteiger partial charge is 0.449 e. The van der Waals surface area contributed by atoms with E-state index in [1.807, 2.05) is 9.80 Å². The van der Waals surface area contributed by atoms with Gasteiger partial charge in [0.2, 0.25) is 5.91 Å². The van der Waals surface area contributed by atoms with Gasteiger partial charge in [0.1, 0.15) is 0 Å². The van der Waals surface area contributed by atoms with Crippen LogP contribution in [0.1, 0.15) is 25.7 Å². The summed E-state index contributed by atoms with van der Waals surface area (Å²) in [5, 5.41) is 0. The van der Waals surface area contributed by atoms with E-state index in [9.17, 15) is 9.59 Å². The van der Waals surface area contributed by atoms with Gasteiger partial charge in [-0.1, -0.05) is 6.08 Å². The Balaban J connectivity index is 1.71. The first kappa shape index (κ1) is 15.8. The monoisotopic (exact) mass is 296 g/mol. The van der Waals surface area contributed by atoms with Crippen molar-refractivity contribution in [2.75, 3.05) is 39.5 Å². The van der Waals surface area contributed by atoms with Crippen molar-refractivity contribution in [1.29, 1.82) is 0 Å². The summed E-state index contributed by atoms with van der Waals surface area (Å²) in [7, 11) is 0. The van der Waals surface area contributed by atoms with Crippen molar-refractivity contribution >= 4 is 12.0 Å². The highest BCUT2D eigenvalue weighted by Crippen LogP contribution is 2.20. The van der Waals surface area contributed by atoms with E-state index < -0.39 is 0 Å². The number of piperidine rings is 1. The van der Waals surface area contributed by atoms with Gasteiger partial charge in [0.25, 0.3) is 0 Å². The van der Waals surface area contributed by atoms with Crippen LogP contribution in [0.25, 0.3) is 0 Å². The second kappa shape index (κ2) is 8.02. The van der Waals surface area contributed by atoms with Crippen LogP contribution in [-0.2, 0) is 14.3 Å². The molecule has 0 N–H and O–H groups in total. The van der Waals surface area contributed by atoms with E-state index in [0.29, 0.717) is 39.3 Å². The van der Waals surface area contributed by atoms with Crippen molar-refractivity contribution in [2.45, 2.75) is 31.7 Å². The summed E-state index contributed by atoms with van der Waals surface area (Å²) < 4.78 is 10.3. The van der Waals surface area contributed by atoms with E-state index in [0.717, 1.165) is 25.8 Å². The third kappa shape index (κ3) is 4.46. The molecular formula is C15H24N2O4. The molecule has 118 valence electrons. The van der Waals surface area contributed by atoms with Crippen LogP contribution in [0.4, 0.5) is 4.79 Å². The Labute approximate surface area is 125 Å². The summed E-state index contributed by atoms with van der Waals surface area (Å²) >= 11 is 0. The van der Waals surface area contributed by atoms with Crippen LogP contribution in [0.2, 0.25) is 0 Å². The number of likely N-dealkylation sites (tertiary alicyclic amines) is 1. The molecule has 0 aromatic carbocycles. The highest BCUT2D eigenvalue weighted by Gasteiger charge is 2.31. The van der Waals surface area contributed by atoms with Crippen molar-refractivity contribution in [1.82, 2.24) is 9.80 Å². The van der Waals surface area contributed by atoms with Gasteiger partial charge in [-0.25, -0.2) is 4.79 Å². The van der Waals surface area contributed by atoms with Crippen LogP contribution >= 0.6 is 0 Å². The Morgan fingerprint density at radius 1 is 1.38 bits per heavy atom. The highest BCUT2D eigenvalue weighted by atomic mass is 16.6. The van der Waals surface area contributed by atoms with Gasteiger partial charge in [0.05, 0.1) is 26.2 Å². The van der Waals surface area contributed by atoms with Crippen LogP contribution in [0.15, 0.2) is 12.7 Å². The van der Waals surface area contributed by atoms with Crippen molar-refractivity contribution in [3.8, 4) is 0 Å². The van der Waals surface area contributed by atoms with E-state index in [-0.39, 0.29) is 18.0 Å². The average molecular weight is 296 g/mol. The second-order valence-electron chi connectivity index (χ2n) is 5.39. The van der Waals surface area contributed by atoms with Gasteiger partial charge < -0.3 is 19.3 Å². The minimum Gasteiger partial charge on any atom is -0.449 e. The fraction of sp³-hybridized carbons (Fsp3) is 0.733. The average Bonchev–Trinajstić information content (AvgIpc) is 2.52. The molecule has 2 amide bonds. The molecule has 2 aliphatic rings. The quantitative estimate of drug-likeness (QED) is 0.549. The van der Waals surface area contributed by atoms with Gasteiger partial charge in [-0.2, -0.15) is 0 Å². The van der Waals surface area contributed by atoms with Gasteiger partial charge in [-0.3, -0.25) is 4.79 Å². The number of ether oxygens (including phenoxy) is 2. The van der Waals surface area contributed by atoms with E-state index in [1.54, 1.807) is 6.08 Å². The number of amides is 2. The van der Waals surface area contributed by atoms with Gasteiger partial charge in [-0.15, -0.1) is 6.58 Å². The minimum absolute atomic E-state index is 0.124. The molecule has 0 aromatic rings. The molecule has 2 rings (SSSR count). The van der Waals surface area contributed by atoms with Crippen LogP contribution < -0.4 is 0 Å². The summed E-state index contributed by atoms with van der Waals surface area (Å²) in [6.07, 6.45) is 4.43. The van der Waals surface area contributed by atoms with Crippen molar-refractivity contribution in [2.24, 2.45) is 0 Å². The molecule has 0 radical (unpaired) electrons. The van der Waals surface area contributed by atoms with Crippen LogP contribution in [0, 0.1) is 0 Å². The normalized spacial score (nSPS) is 20.3. The highest BCUT2D eigenvalue weighted by molar-refractivity contribution is 5.76. The Morgan fingerprint density at radius 3 is 2.81 bits per heavy atom. The first-order valence-corrected chi connectivity index (χ1v) is 7.62. The molecule has 0 saturated carbocycles. The fourth-order valence-corrected chi connectivity index (χ4v) is 2.81. The maximum atomic E-state index is 12.0. The second-order valence-corrected chi connectivity index (χ2v) is 5.39. The summed E-state index contributed by atoms with van der Waals surface area (Å²) in [5.41, 5.74) is 0. The maximum Gasteiger partial charge on any atom is 0.410 e. The van der Waals surface area contributed by atoms with E-state index in [4.69, 9.17) is 9.47 Å². The Morgan fingerprint density at radius 2 is 2.14 bits per heavy atom. The summed E-state index contributed by atoms with van der Waals surface area (Å²) in [6.45, 7) is 7.18. The van der Waals surface area contributed by atoms with Crippen LogP contribution in [0.5, 0.6) is 0 Å². The van der Waals surface area contributed by atoms with Gasteiger partial charge >= 0.3 is 6.09 Å². The van der Waals surface area contributed by atoms with E-state index >= 15 is 0 Å². The number of nitrogens with zero attached hydrogens (tertiary/aromatic N) is 2. The first-order chi connectivity index (χ1) is 10.2. The number of cyclic esters (lactones) is 1.